The number of nitrogens with zero attached hydrogens (tertiary/aromatic N) is 1. The minimum atomic E-state index is -1.57. The molecule has 3 heteroatoms. The Morgan fingerprint density at radius 1 is 1.26 bits per heavy atom. The predicted octanol–water partition coefficient (Wildman–Crippen LogP) is 5.02. The van der Waals surface area contributed by atoms with Crippen molar-refractivity contribution in [2.24, 2.45) is 0 Å². The highest BCUT2D eigenvalue weighted by Crippen LogP contribution is 2.36. The average Bonchev–Trinajstić information content (AvgIpc) is 2.71. The molecule has 1 aromatic rings. The van der Waals surface area contributed by atoms with Crippen LogP contribution in [-0.4, -0.2) is 19.5 Å². The van der Waals surface area contributed by atoms with E-state index < -0.39 is 8.32 Å². The van der Waals surface area contributed by atoms with Crippen molar-refractivity contribution in [3.63, 3.8) is 0 Å². The summed E-state index contributed by atoms with van der Waals surface area (Å²) in [6.07, 6.45) is 5.54. The summed E-state index contributed by atoms with van der Waals surface area (Å²) < 4.78 is 8.48. The molecule has 0 unspecified atom stereocenters. The van der Waals surface area contributed by atoms with Gasteiger partial charge in [-0.3, -0.25) is 0 Å². The van der Waals surface area contributed by atoms with Crippen LogP contribution in [0.4, 0.5) is 0 Å². The van der Waals surface area contributed by atoms with E-state index in [1.807, 2.05) is 0 Å². The van der Waals surface area contributed by atoms with E-state index in [1.165, 1.54) is 5.56 Å². The zero-order valence-electron chi connectivity index (χ0n) is 13.8. The van der Waals surface area contributed by atoms with Gasteiger partial charge in [0, 0.05) is 25.5 Å². The summed E-state index contributed by atoms with van der Waals surface area (Å²) in [4.78, 5) is 0. The van der Waals surface area contributed by atoms with Crippen LogP contribution in [0, 0.1) is 0 Å². The van der Waals surface area contributed by atoms with Crippen molar-refractivity contribution in [2.45, 2.75) is 71.6 Å². The molecule has 0 bridgehead atoms. The standard InChI is InChI=1S/C16H31NOSi/c1-14(2)15-9-11-17(13-15)10-8-12-18-19(6,7)16(3,4)5/h9,11,13-14H,8,10,12H2,1-7H3. The van der Waals surface area contributed by atoms with Crippen molar-refractivity contribution in [3.05, 3.63) is 24.0 Å². The van der Waals surface area contributed by atoms with Crippen molar-refractivity contribution >= 4 is 8.32 Å². The van der Waals surface area contributed by atoms with E-state index in [-0.39, 0.29) is 0 Å². The van der Waals surface area contributed by atoms with Crippen LogP contribution in [0.3, 0.4) is 0 Å². The maximum Gasteiger partial charge on any atom is 0.191 e. The topological polar surface area (TPSA) is 14.2 Å². The lowest BCUT2D eigenvalue weighted by molar-refractivity contribution is 0.275. The van der Waals surface area contributed by atoms with Crippen LogP contribution in [0.1, 0.15) is 52.5 Å². The second kappa shape index (κ2) is 6.27. The van der Waals surface area contributed by atoms with Gasteiger partial charge in [-0.05, 0) is 42.1 Å². The molecule has 0 saturated carbocycles. The number of rotatable bonds is 6. The summed E-state index contributed by atoms with van der Waals surface area (Å²) in [7, 11) is -1.57. The maximum absolute atomic E-state index is 6.20. The molecular weight excluding hydrogens is 250 g/mol. The van der Waals surface area contributed by atoms with Gasteiger partial charge in [0.2, 0.25) is 0 Å². The third-order valence-electron chi connectivity index (χ3n) is 4.27. The fraction of sp³-hybridized carbons (Fsp3) is 0.750. The first-order chi connectivity index (χ1) is 8.63. The van der Waals surface area contributed by atoms with Gasteiger partial charge in [0.25, 0.3) is 0 Å². The van der Waals surface area contributed by atoms with E-state index >= 15 is 0 Å². The smallest absolute Gasteiger partial charge is 0.191 e. The normalized spacial score (nSPS) is 13.3. The van der Waals surface area contributed by atoms with E-state index in [1.54, 1.807) is 0 Å². The zero-order valence-corrected chi connectivity index (χ0v) is 14.8. The first-order valence-electron chi connectivity index (χ1n) is 7.43. The van der Waals surface area contributed by atoms with E-state index in [9.17, 15) is 0 Å². The Balaban J connectivity index is 2.35. The molecule has 0 fully saturated rings. The van der Waals surface area contributed by atoms with E-state index in [4.69, 9.17) is 4.43 Å². The van der Waals surface area contributed by atoms with Crippen molar-refractivity contribution in [2.75, 3.05) is 6.61 Å². The Kier molecular flexibility index (Phi) is 5.45. The first-order valence-corrected chi connectivity index (χ1v) is 10.3. The third-order valence-corrected chi connectivity index (χ3v) is 8.81. The fourth-order valence-corrected chi connectivity index (χ4v) is 2.82. The SMILES string of the molecule is CC(C)c1ccn(CCCO[Si](C)(C)C(C)(C)C)c1. The first kappa shape index (κ1) is 16.5. The van der Waals surface area contributed by atoms with Crippen molar-refractivity contribution in [3.8, 4) is 0 Å². The summed E-state index contributed by atoms with van der Waals surface area (Å²) in [5, 5.41) is 0.311. The average molecular weight is 282 g/mol. The molecule has 0 atom stereocenters. The summed E-state index contributed by atoms with van der Waals surface area (Å²) in [5.41, 5.74) is 1.42. The quantitative estimate of drug-likeness (QED) is 0.527. The molecule has 0 N–H and O–H groups in total. The van der Waals surface area contributed by atoms with Crippen LogP contribution in [0.2, 0.25) is 18.1 Å². The molecule has 0 aromatic carbocycles. The van der Waals surface area contributed by atoms with Crippen molar-refractivity contribution in [1.29, 1.82) is 0 Å². The van der Waals surface area contributed by atoms with Gasteiger partial charge in [0.15, 0.2) is 8.32 Å². The van der Waals surface area contributed by atoms with Gasteiger partial charge in [0.1, 0.15) is 0 Å². The minimum absolute atomic E-state index is 0.311. The van der Waals surface area contributed by atoms with E-state index in [0.717, 1.165) is 19.6 Å². The molecule has 110 valence electrons. The van der Waals surface area contributed by atoms with Gasteiger partial charge in [-0.2, -0.15) is 0 Å². The fourth-order valence-electron chi connectivity index (χ4n) is 1.73. The molecule has 19 heavy (non-hydrogen) atoms. The molecule has 0 aliphatic rings. The summed E-state index contributed by atoms with van der Waals surface area (Å²) in [5.74, 6) is 0.615. The molecule has 0 saturated heterocycles. The van der Waals surface area contributed by atoms with Crippen LogP contribution in [0.15, 0.2) is 18.5 Å². The maximum atomic E-state index is 6.20. The largest absolute Gasteiger partial charge is 0.417 e. The Morgan fingerprint density at radius 3 is 2.37 bits per heavy atom. The minimum Gasteiger partial charge on any atom is -0.417 e. The highest BCUT2D eigenvalue weighted by Gasteiger charge is 2.36. The van der Waals surface area contributed by atoms with Crippen LogP contribution in [0.25, 0.3) is 0 Å². The molecule has 1 rings (SSSR count). The number of aromatic nitrogens is 1. The molecule has 0 aliphatic heterocycles. The highest BCUT2D eigenvalue weighted by molar-refractivity contribution is 6.74. The lowest BCUT2D eigenvalue weighted by Crippen LogP contribution is -2.41. The molecule has 1 aromatic heterocycles. The molecule has 0 aliphatic carbocycles. The van der Waals surface area contributed by atoms with Crippen LogP contribution >= 0.6 is 0 Å². The van der Waals surface area contributed by atoms with Crippen LogP contribution < -0.4 is 0 Å². The molecular formula is C16H31NOSi. The molecule has 0 radical (unpaired) electrons. The Hall–Kier alpha value is -0.543. The van der Waals surface area contributed by atoms with Crippen LogP contribution in [0.5, 0.6) is 0 Å². The Morgan fingerprint density at radius 2 is 1.89 bits per heavy atom. The second-order valence-corrected chi connectivity index (χ2v) is 12.1. The molecule has 0 amide bonds. The van der Waals surface area contributed by atoms with Crippen molar-refractivity contribution < 1.29 is 4.43 Å². The predicted molar refractivity (Wildman–Crippen MR) is 86.3 cm³/mol. The third kappa shape index (κ3) is 4.81. The lowest BCUT2D eigenvalue weighted by Gasteiger charge is -2.36. The summed E-state index contributed by atoms with van der Waals surface area (Å²) in [6, 6.07) is 2.22. The molecule has 0 spiro atoms. The van der Waals surface area contributed by atoms with Gasteiger partial charge in [-0.15, -0.1) is 0 Å². The summed E-state index contributed by atoms with van der Waals surface area (Å²) >= 11 is 0. The van der Waals surface area contributed by atoms with Gasteiger partial charge >= 0.3 is 0 Å². The number of aryl methyl sites for hydroxylation is 1. The van der Waals surface area contributed by atoms with Crippen molar-refractivity contribution in [1.82, 2.24) is 4.57 Å². The number of hydrogen-bond acceptors (Lipinski definition) is 1. The Labute approximate surface area is 120 Å². The van der Waals surface area contributed by atoms with Crippen LogP contribution in [-0.2, 0) is 11.0 Å². The van der Waals surface area contributed by atoms with Gasteiger partial charge < -0.3 is 8.99 Å². The second-order valence-electron chi connectivity index (χ2n) is 7.30. The molecule has 1 heterocycles. The van der Waals surface area contributed by atoms with Gasteiger partial charge in [0.05, 0.1) is 0 Å². The van der Waals surface area contributed by atoms with E-state index in [2.05, 4.69) is 70.7 Å². The Bertz CT molecular complexity index is 388. The number of hydrogen-bond donors (Lipinski definition) is 0. The van der Waals surface area contributed by atoms with Gasteiger partial charge in [-0.25, -0.2) is 0 Å². The van der Waals surface area contributed by atoms with E-state index in [0.29, 0.717) is 11.0 Å². The highest BCUT2D eigenvalue weighted by atomic mass is 28.4. The summed E-state index contributed by atoms with van der Waals surface area (Å²) in [6.45, 7) is 17.9. The molecule has 2 nitrogen and oxygen atoms in total. The lowest BCUT2D eigenvalue weighted by atomic mass is 10.1. The monoisotopic (exact) mass is 281 g/mol. The zero-order chi connectivity index (χ0) is 14.7. The van der Waals surface area contributed by atoms with Gasteiger partial charge in [-0.1, -0.05) is 34.6 Å².